The number of fused-ring (bicyclic) bond motifs is 13. The summed E-state index contributed by atoms with van der Waals surface area (Å²) >= 11 is 0. The molecule has 4 rings (SSSR count). The van der Waals surface area contributed by atoms with Gasteiger partial charge in [-0.1, -0.05) is 90.4 Å². The Labute approximate surface area is 326 Å². The minimum absolute atomic E-state index is 0.0744. The topological polar surface area (TPSA) is 187 Å². The normalized spacial score (nSPS) is 19.6. The number of hydrogen-bond acceptors (Lipinski definition) is 8. The van der Waals surface area contributed by atoms with E-state index in [9.17, 15) is 29.1 Å². The maximum absolute atomic E-state index is 14.0. The van der Waals surface area contributed by atoms with Crippen LogP contribution in [0.25, 0.3) is 0 Å². The van der Waals surface area contributed by atoms with Gasteiger partial charge in [0.25, 0.3) is 0 Å². The summed E-state index contributed by atoms with van der Waals surface area (Å²) in [5.41, 5.74) is 1.72. The molecule has 0 saturated heterocycles. The minimum atomic E-state index is -1.17. The summed E-state index contributed by atoms with van der Waals surface area (Å²) in [6, 6.07) is 12.8. The standard InChI is InChI=1S/C42H64N6O7/c1-8-28(6)38-41(53)43-20-12-13-21-55-32-18-16-31(17-19-32)24-34(39(51)48-38)44-25-36(50)33(23-30-14-10-9-11-15-30)46-42(54)37(27(4)5)47-40(52)35(22-26(2)3)45-29(7)49/h9-11,14-19,26-28,33-38,44,50H,8,12-13,20-25H2,1-7H3,(H,43,53)(H,45,49)(H,46,54)(H,47,52)(H,48,51)/t28-,33-,34-,35-,36-,37-,38-/m0/s1. The van der Waals surface area contributed by atoms with Crippen LogP contribution in [0, 0.1) is 17.8 Å². The predicted molar refractivity (Wildman–Crippen MR) is 213 cm³/mol. The monoisotopic (exact) mass is 764 g/mol. The number of aliphatic hydroxyl groups excluding tert-OH is 1. The van der Waals surface area contributed by atoms with Crippen molar-refractivity contribution in [2.45, 2.75) is 123 Å². The molecule has 13 heteroatoms. The van der Waals surface area contributed by atoms with E-state index in [2.05, 4.69) is 31.9 Å². The lowest BCUT2D eigenvalue weighted by molar-refractivity contribution is -0.133. The molecular weight excluding hydrogens is 700 g/mol. The van der Waals surface area contributed by atoms with Gasteiger partial charge in [-0.3, -0.25) is 24.0 Å². The third kappa shape index (κ3) is 15.3. The van der Waals surface area contributed by atoms with E-state index in [4.69, 9.17) is 4.74 Å². The molecule has 0 spiro atoms. The molecule has 0 saturated carbocycles. The molecule has 7 atom stereocenters. The molecule has 304 valence electrons. The molecule has 0 aliphatic carbocycles. The van der Waals surface area contributed by atoms with Crippen molar-refractivity contribution in [2.75, 3.05) is 19.7 Å². The van der Waals surface area contributed by atoms with Crippen LogP contribution in [0.3, 0.4) is 0 Å². The molecule has 0 aromatic heterocycles. The van der Waals surface area contributed by atoms with E-state index in [1.807, 2.05) is 96.1 Å². The van der Waals surface area contributed by atoms with Gasteiger partial charge in [0.1, 0.15) is 23.9 Å². The van der Waals surface area contributed by atoms with E-state index < -0.39 is 48.1 Å². The summed E-state index contributed by atoms with van der Waals surface area (Å²) in [6.45, 7) is 13.7. The van der Waals surface area contributed by atoms with Crippen molar-refractivity contribution in [3.63, 3.8) is 0 Å². The number of amides is 5. The Bertz CT molecular complexity index is 1520. The molecule has 5 amide bonds. The smallest absolute Gasteiger partial charge is 0.243 e. The van der Waals surface area contributed by atoms with E-state index >= 15 is 0 Å². The Hall–Kier alpha value is -4.49. The molecule has 0 fully saturated rings. The number of nitrogens with one attached hydrogen (secondary N) is 6. The van der Waals surface area contributed by atoms with Crippen LogP contribution in [0.4, 0.5) is 0 Å². The van der Waals surface area contributed by atoms with Crippen molar-refractivity contribution in [2.24, 2.45) is 17.8 Å². The van der Waals surface area contributed by atoms with Crippen LogP contribution in [0.15, 0.2) is 54.6 Å². The number of ether oxygens (including phenoxy) is 1. The summed E-state index contributed by atoms with van der Waals surface area (Å²) in [7, 11) is 0. The third-order valence-electron chi connectivity index (χ3n) is 9.92. The lowest BCUT2D eigenvalue weighted by Crippen LogP contribution is -2.60. The van der Waals surface area contributed by atoms with Crippen molar-refractivity contribution in [1.82, 2.24) is 31.9 Å². The first-order valence-electron chi connectivity index (χ1n) is 19.8. The Balaban J connectivity index is 1.86. The van der Waals surface area contributed by atoms with Gasteiger partial charge in [0, 0.05) is 20.0 Å². The third-order valence-corrected chi connectivity index (χ3v) is 9.92. The fourth-order valence-corrected chi connectivity index (χ4v) is 6.48. The van der Waals surface area contributed by atoms with Crippen LogP contribution in [-0.2, 0) is 36.8 Å². The van der Waals surface area contributed by atoms with E-state index in [0.717, 1.165) is 24.0 Å². The second-order valence-electron chi connectivity index (χ2n) is 15.5. The van der Waals surface area contributed by atoms with Gasteiger partial charge in [-0.2, -0.15) is 0 Å². The number of aliphatic hydroxyl groups is 1. The fourth-order valence-electron chi connectivity index (χ4n) is 6.48. The van der Waals surface area contributed by atoms with E-state index in [1.54, 1.807) is 0 Å². The summed E-state index contributed by atoms with van der Waals surface area (Å²) in [4.78, 5) is 66.5. The quantitative estimate of drug-likeness (QED) is 0.136. The highest BCUT2D eigenvalue weighted by molar-refractivity contribution is 5.92. The summed E-state index contributed by atoms with van der Waals surface area (Å²) in [6.07, 6.45) is 1.93. The van der Waals surface area contributed by atoms with Gasteiger partial charge in [-0.15, -0.1) is 0 Å². The van der Waals surface area contributed by atoms with Crippen LogP contribution in [0.1, 0.15) is 85.3 Å². The lowest BCUT2D eigenvalue weighted by Gasteiger charge is -2.31. The second kappa shape index (κ2) is 22.8. The Morgan fingerprint density at radius 3 is 2.20 bits per heavy atom. The van der Waals surface area contributed by atoms with Gasteiger partial charge in [0.2, 0.25) is 29.5 Å². The first kappa shape index (κ1) is 44.9. The van der Waals surface area contributed by atoms with Crippen LogP contribution >= 0.6 is 0 Å². The van der Waals surface area contributed by atoms with Gasteiger partial charge >= 0.3 is 0 Å². The Morgan fingerprint density at radius 2 is 1.58 bits per heavy atom. The molecule has 2 heterocycles. The fraction of sp³-hybridized carbons (Fsp3) is 0.595. The van der Waals surface area contributed by atoms with Gasteiger partial charge < -0.3 is 41.7 Å². The molecule has 2 aliphatic rings. The molecule has 13 nitrogen and oxygen atoms in total. The first-order valence-corrected chi connectivity index (χ1v) is 19.8. The highest BCUT2D eigenvalue weighted by atomic mass is 16.5. The highest BCUT2D eigenvalue weighted by Gasteiger charge is 2.33. The molecule has 2 bridgehead atoms. The molecule has 2 aromatic carbocycles. The molecular formula is C42H64N6O7. The van der Waals surface area contributed by atoms with E-state index in [0.29, 0.717) is 31.7 Å². The van der Waals surface area contributed by atoms with Gasteiger partial charge in [0.15, 0.2) is 0 Å². The van der Waals surface area contributed by atoms with Crippen LogP contribution in [0.2, 0.25) is 0 Å². The van der Waals surface area contributed by atoms with Crippen molar-refractivity contribution < 1.29 is 33.8 Å². The van der Waals surface area contributed by atoms with E-state index in [1.165, 1.54) is 6.92 Å². The van der Waals surface area contributed by atoms with Gasteiger partial charge in [-0.25, -0.2) is 0 Å². The van der Waals surface area contributed by atoms with Gasteiger partial charge in [-0.05, 0) is 73.1 Å². The number of benzene rings is 2. The Kier molecular flexibility index (Phi) is 18.6. The molecule has 7 N–H and O–H groups in total. The molecule has 2 aliphatic heterocycles. The summed E-state index contributed by atoms with van der Waals surface area (Å²) in [5, 5.41) is 29.5. The summed E-state index contributed by atoms with van der Waals surface area (Å²) < 4.78 is 5.88. The highest BCUT2D eigenvalue weighted by Crippen LogP contribution is 2.17. The van der Waals surface area contributed by atoms with Crippen LogP contribution in [-0.4, -0.2) is 90.7 Å². The SMILES string of the molecule is CC[C@H](C)[C@@H]1NC(=O)[C@@H](NC[C@H](O)[C@H](Cc2ccccc2)NC(=O)[C@@H](NC(=O)[C@H](CC(C)C)NC(C)=O)C(C)C)Cc2ccc(cc2)OCCCCNC1=O. The zero-order chi connectivity index (χ0) is 40.5. The average molecular weight is 765 g/mol. The lowest BCUT2D eigenvalue weighted by atomic mass is 9.96. The maximum atomic E-state index is 14.0. The molecule has 0 unspecified atom stereocenters. The number of carbonyl (C=O) groups excluding carboxylic acids is 5. The number of carbonyl (C=O) groups is 5. The van der Waals surface area contributed by atoms with Crippen LogP contribution in [0.5, 0.6) is 5.75 Å². The van der Waals surface area contributed by atoms with Crippen molar-refractivity contribution >= 4 is 29.5 Å². The van der Waals surface area contributed by atoms with Crippen molar-refractivity contribution in [3.8, 4) is 5.75 Å². The minimum Gasteiger partial charge on any atom is -0.494 e. The van der Waals surface area contributed by atoms with Crippen LogP contribution < -0.4 is 36.6 Å². The Morgan fingerprint density at radius 1 is 0.891 bits per heavy atom. The van der Waals surface area contributed by atoms with E-state index in [-0.39, 0.29) is 54.9 Å². The second-order valence-corrected chi connectivity index (χ2v) is 15.5. The first-order chi connectivity index (χ1) is 26.2. The summed E-state index contributed by atoms with van der Waals surface area (Å²) in [5.74, 6) is -1.55. The number of hydrogen-bond donors (Lipinski definition) is 7. The van der Waals surface area contributed by atoms with Crippen molar-refractivity contribution in [1.29, 1.82) is 0 Å². The molecule has 0 radical (unpaired) electrons. The zero-order valence-corrected chi connectivity index (χ0v) is 33.7. The largest absolute Gasteiger partial charge is 0.494 e. The molecule has 2 aromatic rings. The number of rotatable bonds is 16. The van der Waals surface area contributed by atoms with Gasteiger partial charge in [0.05, 0.1) is 24.8 Å². The average Bonchev–Trinajstić information content (AvgIpc) is 3.14. The predicted octanol–water partition coefficient (Wildman–Crippen LogP) is 2.79. The maximum Gasteiger partial charge on any atom is 0.243 e. The zero-order valence-electron chi connectivity index (χ0n) is 33.7. The van der Waals surface area contributed by atoms with Crippen molar-refractivity contribution in [3.05, 3.63) is 65.7 Å². The molecule has 55 heavy (non-hydrogen) atoms.